The molecule has 0 amide bonds. The summed E-state index contributed by atoms with van der Waals surface area (Å²) in [6.45, 7) is 5.44. The van der Waals surface area contributed by atoms with E-state index in [1.165, 1.54) is 193 Å². The molecule has 2 unspecified atom stereocenters. The van der Waals surface area contributed by atoms with Crippen LogP contribution in [0.5, 0.6) is 0 Å². The minimum absolute atomic E-state index is 0.0263. The summed E-state index contributed by atoms with van der Waals surface area (Å²) in [6, 6.07) is 0. The number of nitrogens with zero attached hydrogens (tertiary/aromatic N) is 1. The Bertz CT molecular complexity index is 1140. The second kappa shape index (κ2) is 49.2. The van der Waals surface area contributed by atoms with E-state index in [1.807, 2.05) is 21.1 Å². The maximum atomic E-state index is 12.8. The van der Waals surface area contributed by atoms with Gasteiger partial charge >= 0.3 is 5.97 Å². The molecule has 0 rings (SSSR count). The van der Waals surface area contributed by atoms with Crippen LogP contribution in [0.2, 0.25) is 0 Å². The van der Waals surface area contributed by atoms with Gasteiger partial charge in [-0.15, -0.1) is 0 Å². The Morgan fingerprint density at radius 1 is 0.477 bits per heavy atom. The average molecular weight is 938 g/mol. The third kappa shape index (κ3) is 53.5. The average Bonchev–Trinajstić information content (AvgIpc) is 3.27. The number of carbonyl (C=O) groups is 1. The van der Waals surface area contributed by atoms with Crippen molar-refractivity contribution in [3.63, 3.8) is 0 Å². The third-order valence-electron chi connectivity index (χ3n) is 12.2. The summed E-state index contributed by atoms with van der Waals surface area (Å²) in [5, 5.41) is 0. The second-order valence-electron chi connectivity index (χ2n) is 20.0. The van der Waals surface area contributed by atoms with Crippen molar-refractivity contribution in [2.24, 2.45) is 0 Å². The van der Waals surface area contributed by atoms with Gasteiger partial charge in [0.05, 0.1) is 34.4 Å². The molecule has 0 fully saturated rings. The number of phosphoric ester groups is 1. The molecule has 9 heteroatoms. The normalized spacial score (nSPS) is 13.8. The van der Waals surface area contributed by atoms with Crippen molar-refractivity contribution in [3.05, 3.63) is 36.5 Å². The van der Waals surface area contributed by atoms with Crippen molar-refractivity contribution in [1.82, 2.24) is 0 Å². The van der Waals surface area contributed by atoms with Gasteiger partial charge in [-0.1, -0.05) is 237 Å². The second-order valence-corrected chi connectivity index (χ2v) is 21.4. The van der Waals surface area contributed by atoms with Crippen LogP contribution in [0, 0.1) is 0 Å². The molecule has 0 aliphatic heterocycles. The van der Waals surface area contributed by atoms with Gasteiger partial charge in [0.15, 0.2) is 0 Å². The molecule has 384 valence electrons. The zero-order valence-corrected chi connectivity index (χ0v) is 44.6. The molecule has 0 aromatic rings. The van der Waals surface area contributed by atoms with E-state index in [0.717, 1.165) is 44.9 Å². The van der Waals surface area contributed by atoms with Crippen LogP contribution in [0.15, 0.2) is 36.5 Å². The Labute approximate surface area is 404 Å². The van der Waals surface area contributed by atoms with E-state index in [4.69, 9.17) is 18.5 Å². The van der Waals surface area contributed by atoms with Gasteiger partial charge in [0, 0.05) is 13.0 Å². The summed E-state index contributed by atoms with van der Waals surface area (Å²) in [5.74, 6) is -0.331. The molecule has 0 aromatic carbocycles. The van der Waals surface area contributed by atoms with Crippen LogP contribution in [0.4, 0.5) is 0 Å². The molecular weight excluding hydrogens is 830 g/mol. The van der Waals surface area contributed by atoms with Gasteiger partial charge in [-0.3, -0.25) is 9.36 Å². The Balaban J connectivity index is 4.09. The molecule has 0 radical (unpaired) electrons. The molecule has 0 aromatic heterocycles. The molecule has 0 N–H and O–H groups in total. The maximum absolute atomic E-state index is 12.8. The number of phosphoric acid groups is 1. The Morgan fingerprint density at radius 2 is 0.846 bits per heavy atom. The number of likely N-dealkylation sites (N-methyl/N-ethyl adjacent to an activating group) is 1. The Morgan fingerprint density at radius 3 is 1.26 bits per heavy atom. The Hall–Kier alpha value is -1.28. The molecule has 0 heterocycles. The number of esters is 1. The number of unbranched alkanes of at least 4 members (excludes halogenated alkanes) is 32. The highest BCUT2D eigenvalue weighted by Crippen LogP contribution is 2.38. The minimum Gasteiger partial charge on any atom is -0.756 e. The number of hydrogen-bond acceptors (Lipinski definition) is 7. The third-order valence-corrected chi connectivity index (χ3v) is 13.2. The predicted octanol–water partition coefficient (Wildman–Crippen LogP) is 16.7. The molecule has 0 spiro atoms. The molecule has 0 bridgehead atoms. The number of allylic oxidation sites excluding steroid dienone is 6. The van der Waals surface area contributed by atoms with Crippen molar-refractivity contribution >= 4 is 13.8 Å². The van der Waals surface area contributed by atoms with Gasteiger partial charge in [0.1, 0.15) is 19.3 Å². The highest BCUT2D eigenvalue weighted by atomic mass is 31.2. The van der Waals surface area contributed by atoms with Crippen molar-refractivity contribution in [3.8, 4) is 0 Å². The summed E-state index contributed by atoms with van der Waals surface area (Å²) in [5.41, 5.74) is 0. The SMILES string of the molecule is CCCCCCC/C=C\C/C=C\C/C=C\CCCCCCCCCCCOCC(COP(=O)([O-])OCC[N+](C)(C)C)OC(=O)CCCCCCCCCCCCCCCCCCCCC. The van der Waals surface area contributed by atoms with Crippen LogP contribution in [-0.4, -0.2) is 70.7 Å². The van der Waals surface area contributed by atoms with E-state index >= 15 is 0 Å². The maximum Gasteiger partial charge on any atom is 0.306 e. The quantitative estimate of drug-likeness (QED) is 0.0197. The monoisotopic (exact) mass is 938 g/mol. The first-order valence-electron chi connectivity index (χ1n) is 27.7. The molecule has 8 nitrogen and oxygen atoms in total. The lowest BCUT2D eigenvalue weighted by molar-refractivity contribution is -0.870. The highest BCUT2D eigenvalue weighted by molar-refractivity contribution is 7.45. The van der Waals surface area contributed by atoms with Gasteiger partial charge in [0.25, 0.3) is 7.82 Å². The molecule has 0 aliphatic rings. The molecular formula is C56H108NO7P. The van der Waals surface area contributed by atoms with E-state index in [0.29, 0.717) is 24.1 Å². The minimum atomic E-state index is -4.53. The molecule has 0 saturated heterocycles. The molecule has 65 heavy (non-hydrogen) atoms. The summed E-state index contributed by atoms with van der Waals surface area (Å²) in [7, 11) is 1.36. The molecule has 0 saturated carbocycles. The largest absolute Gasteiger partial charge is 0.756 e. The molecule has 2 atom stereocenters. The van der Waals surface area contributed by atoms with Crippen molar-refractivity contribution in [1.29, 1.82) is 0 Å². The summed E-state index contributed by atoms with van der Waals surface area (Å²) >= 11 is 0. The van der Waals surface area contributed by atoms with E-state index in [1.54, 1.807) is 0 Å². The van der Waals surface area contributed by atoms with Crippen molar-refractivity contribution in [2.45, 2.75) is 264 Å². The topological polar surface area (TPSA) is 94.1 Å². The van der Waals surface area contributed by atoms with Crippen LogP contribution < -0.4 is 4.89 Å². The lowest BCUT2D eigenvalue weighted by atomic mass is 10.0. The van der Waals surface area contributed by atoms with Crippen LogP contribution in [0.25, 0.3) is 0 Å². The van der Waals surface area contributed by atoms with Gasteiger partial charge in [-0.25, -0.2) is 0 Å². The first-order chi connectivity index (χ1) is 31.6. The number of rotatable bonds is 52. The Kier molecular flexibility index (Phi) is 48.2. The van der Waals surface area contributed by atoms with Gasteiger partial charge < -0.3 is 27.9 Å². The van der Waals surface area contributed by atoms with Gasteiger partial charge in [-0.05, 0) is 51.4 Å². The predicted molar refractivity (Wildman–Crippen MR) is 277 cm³/mol. The van der Waals surface area contributed by atoms with E-state index < -0.39 is 13.9 Å². The summed E-state index contributed by atoms with van der Waals surface area (Å²) in [6.07, 6.45) is 60.3. The van der Waals surface area contributed by atoms with E-state index in [2.05, 4.69) is 50.3 Å². The lowest BCUT2D eigenvalue weighted by Gasteiger charge is -2.28. The zero-order chi connectivity index (χ0) is 47.6. The van der Waals surface area contributed by atoms with Gasteiger partial charge in [0.2, 0.25) is 0 Å². The highest BCUT2D eigenvalue weighted by Gasteiger charge is 2.20. The summed E-state index contributed by atoms with van der Waals surface area (Å²) < 4.78 is 34.8. The first-order valence-corrected chi connectivity index (χ1v) is 29.2. The number of quaternary nitrogens is 1. The lowest BCUT2D eigenvalue weighted by Crippen LogP contribution is -2.37. The van der Waals surface area contributed by atoms with E-state index in [9.17, 15) is 14.3 Å². The zero-order valence-electron chi connectivity index (χ0n) is 43.7. The van der Waals surface area contributed by atoms with Crippen LogP contribution in [0.1, 0.15) is 258 Å². The fraction of sp³-hybridized carbons (Fsp3) is 0.875. The van der Waals surface area contributed by atoms with Crippen LogP contribution >= 0.6 is 7.82 Å². The fourth-order valence-electron chi connectivity index (χ4n) is 7.91. The summed E-state index contributed by atoms with van der Waals surface area (Å²) in [4.78, 5) is 25.2. The smallest absolute Gasteiger partial charge is 0.306 e. The fourth-order valence-corrected chi connectivity index (χ4v) is 8.64. The van der Waals surface area contributed by atoms with Crippen LogP contribution in [-0.2, 0) is 27.9 Å². The number of ether oxygens (including phenoxy) is 2. The van der Waals surface area contributed by atoms with Crippen molar-refractivity contribution in [2.75, 3.05) is 54.1 Å². The van der Waals surface area contributed by atoms with Gasteiger partial charge in [-0.2, -0.15) is 0 Å². The number of carbonyl (C=O) groups excluding carboxylic acids is 1. The standard InChI is InChI=1S/C56H108NO7P/c1-6-8-10-12-14-16-18-20-22-24-26-27-28-29-30-32-34-36-38-40-42-44-46-48-51-61-53-55(54-63-65(59,60)62-52-50-57(3,4)5)64-56(58)49-47-45-43-41-39-37-35-33-31-25-23-21-19-17-15-13-11-9-7-2/h18,20,24,26,28-29,55H,6-17,19,21-23,25,27,30-54H2,1-5H3/b20-18-,26-24-,29-28-. The first kappa shape index (κ1) is 63.7. The number of hydrogen-bond donors (Lipinski definition) is 0. The van der Waals surface area contributed by atoms with Crippen molar-refractivity contribution < 1.29 is 37.3 Å². The van der Waals surface area contributed by atoms with Crippen LogP contribution in [0.3, 0.4) is 0 Å². The van der Waals surface area contributed by atoms with E-state index in [-0.39, 0.29) is 25.8 Å². The molecule has 0 aliphatic carbocycles.